The van der Waals surface area contributed by atoms with E-state index in [2.05, 4.69) is 25.5 Å². The summed E-state index contributed by atoms with van der Waals surface area (Å²) in [6.07, 6.45) is -3.62. The number of rotatable bonds is 3. The number of nitrogens with one attached hydrogen (secondary N) is 2. The second kappa shape index (κ2) is 6.45. The van der Waals surface area contributed by atoms with Crippen molar-refractivity contribution in [1.82, 2.24) is 25.5 Å². The summed E-state index contributed by atoms with van der Waals surface area (Å²) in [6, 6.07) is 1.77. The molecule has 25 heavy (non-hydrogen) atoms. The Labute approximate surface area is 142 Å². The molecule has 2 heterocycles. The van der Waals surface area contributed by atoms with Crippen LogP contribution in [0, 0.1) is 19.8 Å². The van der Waals surface area contributed by atoms with Crippen LogP contribution in [0.1, 0.15) is 40.6 Å². The standard InChI is InChI=1S/C16H18F3N5O/c1-8-5-11(22-9(2)21-8)7-20-15(25)10-3-4-13-12(6-10)14(24-23-13)16(17,18)19/h5,10H,3-4,6-7H2,1-2H3,(H,20,25)(H,23,24). The average Bonchev–Trinajstić information content (AvgIpc) is 2.94. The summed E-state index contributed by atoms with van der Waals surface area (Å²) in [5.41, 5.74) is 1.13. The summed E-state index contributed by atoms with van der Waals surface area (Å²) in [6.45, 7) is 3.82. The minimum atomic E-state index is -4.52. The lowest BCUT2D eigenvalue weighted by Gasteiger charge is -2.22. The summed E-state index contributed by atoms with van der Waals surface area (Å²) < 4.78 is 39.0. The van der Waals surface area contributed by atoms with E-state index in [1.54, 1.807) is 13.0 Å². The van der Waals surface area contributed by atoms with Gasteiger partial charge in [-0.05, 0) is 39.2 Å². The summed E-state index contributed by atoms with van der Waals surface area (Å²) in [5.74, 6) is -0.163. The van der Waals surface area contributed by atoms with Crippen molar-refractivity contribution in [1.29, 1.82) is 0 Å². The van der Waals surface area contributed by atoms with E-state index in [1.165, 1.54) is 0 Å². The van der Waals surface area contributed by atoms with E-state index in [0.29, 0.717) is 30.1 Å². The van der Waals surface area contributed by atoms with Crippen LogP contribution in [-0.2, 0) is 30.4 Å². The van der Waals surface area contributed by atoms with Crippen molar-refractivity contribution in [3.63, 3.8) is 0 Å². The topological polar surface area (TPSA) is 83.6 Å². The molecular formula is C16H18F3N5O. The van der Waals surface area contributed by atoms with Crippen LogP contribution in [0.15, 0.2) is 6.07 Å². The summed E-state index contributed by atoms with van der Waals surface area (Å²) >= 11 is 0. The predicted octanol–water partition coefficient (Wildman–Crippen LogP) is 2.26. The molecule has 1 unspecified atom stereocenters. The molecule has 134 valence electrons. The van der Waals surface area contributed by atoms with Gasteiger partial charge in [-0.1, -0.05) is 0 Å². The Kier molecular flexibility index (Phi) is 4.49. The summed E-state index contributed by atoms with van der Waals surface area (Å²) in [4.78, 5) is 20.8. The van der Waals surface area contributed by atoms with Crippen molar-refractivity contribution < 1.29 is 18.0 Å². The number of amides is 1. The van der Waals surface area contributed by atoms with E-state index < -0.39 is 17.8 Å². The molecule has 0 saturated heterocycles. The molecule has 2 N–H and O–H groups in total. The van der Waals surface area contributed by atoms with Gasteiger partial charge in [0, 0.05) is 22.9 Å². The lowest BCUT2D eigenvalue weighted by atomic mass is 9.85. The molecule has 1 atom stereocenters. The number of fused-ring (bicyclic) bond motifs is 1. The van der Waals surface area contributed by atoms with E-state index in [1.807, 2.05) is 6.92 Å². The van der Waals surface area contributed by atoms with Crippen LogP contribution in [0.2, 0.25) is 0 Å². The second-order valence-electron chi connectivity index (χ2n) is 6.23. The van der Waals surface area contributed by atoms with E-state index in [9.17, 15) is 18.0 Å². The van der Waals surface area contributed by atoms with Gasteiger partial charge in [-0.15, -0.1) is 0 Å². The fraction of sp³-hybridized carbons (Fsp3) is 0.500. The molecule has 2 aromatic rings. The Morgan fingerprint density at radius 3 is 2.80 bits per heavy atom. The zero-order valence-corrected chi connectivity index (χ0v) is 13.9. The maximum absolute atomic E-state index is 13.0. The molecule has 0 radical (unpaired) electrons. The Hall–Kier alpha value is -2.45. The first-order valence-corrected chi connectivity index (χ1v) is 7.96. The monoisotopic (exact) mass is 353 g/mol. The van der Waals surface area contributed by atoms with Crippen LogP contribution in [0.3, 0.4) is 0 Å². The van der Waals surface area contributed by atoms with Gasteiger partial charge in [-0.2, -0.15) is 18.3 Å². The molecule has 1 aliphatic rings. The zero-order chi connectivity index (χ0) is 18.2. The molecule has 1 amide bonds. The average molecular weight is 353 g/mol. The molecule has 0 aliphatic heterocycles. The first-order valence-electron chi connectivity index (χ1n) is 7.96. The fourth-order valence-electron chi connectivity index (χ4n) is 3.16. The van der Waals surface area contributed by atoms with Crippen molar-refractivity contribution in [2.75, 3.05) is 0 Å². The van der Waals surface area contributed by atoms with Crippen molar-refractivity contribution >= 4 is 5.91 Å². The van der Waals surface area contributed by atoms with Gasteiger partial charge in [0.15, 0.2) is 5.69 Å². The third kappa shape index (κ3) is 3.80. The smallest absolute Gasteiger partial charge is 0.350 e. The first kappa shape index (κ1) is 17.4. The van der Waals surface area contributed by atoms with Gasteiger partial charge in [-0.25, -0.2) is 9.97 Å². The zero-order valence-electron chi connectivity index (χ0n) is 13.9. The molecule has 2 aromatic heterocycles. The van der Waals surface area contributed by atoms with Gasteiger partial charge in [0.2, 0.25) is 5.91 Å². The van der Waals surface area contributed by atoms with Crippen LogP contribution in [0.25, 0.3) is 0 Å². The third-order valence-corrected chi connectivity index (χ3v) is 4.25. The number of H-pyrrole nitrogens is 1. The van der Waals surface area contributed by atoms with Crippen LogP contribution in [0.4, 0.5) is 13.2 Å². The van der Waals surface area contributed by atoms with E-state index in [-0.39, 0.29) is 24.4 Å². The molecule has 0 saturated carbocycles. The van der Waals surface area contributed by atoms with Crippen LogP contribution in [-0.4, -0.2) is 26.1 Å². The van der Waals surface area contributed by atoms with Crippen LogP contribution >= 0.6 is 0 Å². The second-order valence-corrected chi connectivity index (χ2v) is 6.23. The molecule has 0 fully saturated rings. The predicted molar refractivity (Wildman–Crippen MR) is 82.5 cm³/mol. The number of carbonyl (C=O) groups excluding carboxylic acids is 1. The largest absolute Gasteiger partial charge is 0.435 e. The highest BCUT2D eigenvalue weighted by atomic mass is 19.4. The first-order chi connectivity index (χ1) is 11.7. The van der Waals surface area contributed by atoms with E-state index in [4.69, 9.17) is 0 Å². The Balaban J connectivity index is 1.67. The van der Waals surface area contributed by atoms with E-state index in [0.717, 1.165) is 5.69 Å². The van der Waals surface area contributed by atoms with Gasteiger partial charge in [0.25, 0.3) is 0 Å². The molecule has 1 aliphatic carbocycles. The number of carbonyl (C=O) groups is 1. The van der Waals surface area contributed by atoms with Gasteiger partial charge in [-0.3, -0.25) is 9.89 Å². The number of alkyl halides is 3. The number of aryl methyl sites for hydroxylation is 3. The lowest BCUT2D eigenvalue weighted by Crippen LogP contribution is -2.34. The van der Waals surface area contributed by atoms with Gasteiger partial charge < -0.3 is 5.32 Å². The number of hydrogen-bond donors (Lipinski definition) is 2. The molecule has 6 nitrogen and oxygen atoms in total. The Bertz CT molecular complexity index is 779. The SMILES string of the molecule is Cc1cc(CNC(=O)C2CCc3[nH]nc(C(F)(F)F)c3C2)nc(C)n1. The van der Waals surface area contributed by atoms with Gasteiger partial charge in [0.05, 0.1) is 12.2 Å². The summed E-state index contributed by atoms with van der Waals surface area (Å²) in [7, 11) is 0. The fourth-order valence-corrected chi connectivity index (χ4v) is 3.16. The number of aromatic nitrogens is 4. The normalized spacial score (nSPS) is 17.2. The highest BCUT2D eigenvalue weighted by molar-refractivity contribution is 5.79. The lowest BCUT2D eigenvalue weighted by molar-refractivity contribution is -0.142. The van der Waals surface area contributed by atoms with Crippen molar-refractivity contribution in [2.45, 2.75) is 45.8 Å². The van der Waals surface area contributed by atoms with Crippen LogP contribution in [0.5, 0.6) is 0 Å². The molecule has 0 bridgehead atoms. The quantitative estimate of drug-likeness (QED) is 0.887. The number of aromatic amines is 1. The van der Waals surface area contributed by atoms with Crippen molar-refractivity contribution in [2.24, 2.45) is 5.92 Å². The maximum Gasteiger partial charge on any atom is 0.435 e. The molecule has 0 aromatic carbocycles. The van der Waals surface area contributed by atoms with Gasteiger partial charge in [0.1, 0.15) is 5.82 Å². The van der Waals surface area contributed by atoms with Crippen molar-refractivity contribution in [3.8, 4) is 0 Å². The number of hydrogen-bond acceptors (Lipinski definition) is 4. The molecule has 3 rings (SSSR count). The highest BCUT2D eigenvalue weighted by Crippen LogP contribution is 2.36. The minimum Gasteiger partial charge on any atom is -0.350 e. The van der Waals surface area contributed by atoms with Crippen molar-refractivity contribution in [3.05, 3.63) is 40.2 Å². The number of halogens is 3. The molecular weight excluding hydrogens is 335 g/mol. The number of nitrogens with zero attached hydrogens (tertiary/aromatic N) is 3. The highest BCUT2D eigenvalue weighted by Gasteiger charge is 2.40. The summed E-state index contributed by atoms with van der Waals surface area (Å²) in [5, 5.41) is 8.58. The maximum atomic E-state index is 13.0. The van der Waals surface area contributed by atoms with E-state index >= 15 is 0 Å². The Morgan fingerprint density at radius 2 is 2.12 bits per heavy atom. The third-order valence-electron chi connectivity index (χ3n) is 4.25. The molecule has 9 heteroatoms. The minimum absolute atomic E-state index is 0.0361. The Morgan fingerprint density at radius 1 is 1.36 bits per heavy atom. The van der Waals surface area contributed by atoms with Gasteiger partial charge >= 0.3 is 6.18 Å². The van der Waals surface area contributed by atoms with Crippen LogP contribution < -0.4 is 5.32 Å². The molecule has 0 spiro atoms.